The van der Waals surface area contributed by atoms with Crippen LogP contribution in [0.5, 0.6) is 0 Å². The molecule has 0 aromatic carbocycles. The van der Waals surface area contributed by atoms with E-state index < -0.39 is 0 Å². The van der Waals surface area contributed by atoms with Gasteiger partial charge in [0.2, 0.25) is 0 Å². The summed E-state index contributed by atoms with van der Waals surface area (Å²) in [7, 11) is 0. The molecule has 1 aliphatic heterocycles. The summed E-state index contributed by atoms with van der Waals surface area (Å²) >= 11 is 1.97. The van der Waals surface area contributed by atoms with Gasteiger partial charge in [-0.15, -0.1) is 11.3 Å². The van der Waals surface area contributed by atoms with Crippen LogP contribution in [-0.4, -0.2) is 19.3 Å². The molecular weight excluding hydrogens is 278 g/mol. The van der Waals surface area contributed by atoms with E-state index in [1.807, 2.05) is 11.3 Å². The van der Waals surface area contributed by atoms with Crippen LogP contribution in [0, 0.1) is 0 Å². The molecule has 1 aromatic heterocycles. The molecule has 0 aliphatic carbocycles. The van der Waals surface area contributed by atoms with Crippen molar-refractivity contribution in [3.8, 4) is 0 Å². The van der Waals surface area contributed by atoms with E-state index in [-0.39, 0.29) is 5.41 Å². The predicted molar refractivity (Wildman–Crippen MR) is 92.3 cm³/mol. The highest BCUT2D eigenvalue weighted by atomic mass is 32.1. The second kappa shape index (κ2) is 7.75. The van der Waals surface area contributed by atoms with Crippen molar-refractivity contribution in [2.45, 2.75) is 77.4 Å². The van der Waals surface area contributed by atoms with Gasteiger partial charge in [-0.05, 0) is 56.2 Å². The SMILES string of the molecule is CCNC(CCC1CCCCO1)c1ccc(C(C)(C)C)s1. The molecule has 1 saturated heterocycles. The molecule has 21 heavy (non-hydrogen) atoms. The maximum absolute atomic E-state index is 5.88. The lowest BCUT2D eigenvalue weighted by Gasteiger charge is -2.25. The molecule has 2 nitrogen and oxygen atoms in total. The van der Waals surface area contributed by atoms with Crippen LogP contribution in [0.3, 0.4) is 0 Å². The number of nitrogens with one attached hydrogen (secondary N) is 1. The topological polar surface area (TPSA) is 21.3 Å². The van der Waals surface area contributed by atoms with Crippen LogP contribution in [0.25, 0.3) is 0 Å². The Labute approximate surface area is 134 Å². The molecule has 120 valence electrons. The van der Waals surface area contributed by atoms with E-state index in [0.29, 0.717) is 12.1 Å². The van der Waals surface area contributed by atoms with E-state index in [9.17, 15) is 0 Å². The normalized spacial score (nSPS) is 21.4. The van der Waals surface area contributed by atoms with Crippen molar-refractivity contribution >= 4 is 11.3 Å². The van der Waals surface area contributed by atoms with Gasteiger partial charge in [-0.3, -0.25) is 0 Å². The number of hydrogen-bond acceptors (Lipinski definition) is 3. The fraction of sp³-hybridized carbons (Fsp3) is 0.778. The maximum atomic E-state index is 5.88. The summed E-state index contributed by atoms with van der Waals surface area (Å²) in [5, 5.41) is 3.66. The quantitative estimate of drug-likeness (QED) is 0.794. The van der Waals surface area contributed by atoms with Crippen LogP contribution in [0.2, 0.25) is 0 Å². The molecule has 2 unspecified atom stereocenters. The van der Waals surface area contributed by atoms with Crippen molar-refractivity contribution in [1.29, 1.82) is 0 Å². The molecular formula is C18H31NOS. The molecule has 3 heteroatoms. The van der Waals surface area contributed by atoms with Crippen molar-refractivity contribution in [2.75, 3.05) is 13.2 Å². The third-order valence-corrected chi connectivity index (χ3v) is 5.84. The van der Waals surface area contributed by atoms with Gasteiger partial charge < -0.3 is 10.1 Å². The highest BCUT2D eigenvalue weighted by molar-refractivity contribution is 7.12. The average Bonchev–Trinajstić information content (AvgIpc) is 2.94. The first-order valence-corrected chi connectivity index (χ1v) is 9.27. The lowest BCUT2D eigenvalue weighted by atomic mass is 9.95. The zero-order chi connectivity index (χ0) is 15.3. The molecule has 0 saturated carbocycles. The second-order valence-corrected chi connectivity index (χ2v) is 8.24. The third-order valence-electron chi connectivity index (χ3n) is 4.21. The molecule has 1 fully saturated rings. The van der Waals surface area contributed by atoms with E-state index in [1.165, 1.54) is 41.9 Å². The summed E-state index contributed by atoms with van der Waals surface area (Å²) in [6.45, 7) is 11.1. The molecule has 0 amide bonds. The van der Waals surface area contributed by atoms with Crippen LogP contribution >= 0.6 is 11.3 Å². The van der Waals surface area contributed by atoms with E-state index in [0.717, 1.165) is 13.2 Å². The van der Waals surface area contributed by atoms with Crippen LogP contribution in [0.15, 0.2) is 12.1 Å². The molecule has 1 aromatic rings. The zero-order valence-electron chi connectivity index (χ0n) is 14.1. The molecule has 0 radical (unpaired) electrons. The van der Waals surface area contributed by atoms with Gasteiger partial charge in [-0.25, -0.2) is 0 Å². The summed E-state index contributed by atoms with van der Waals surface area (Å²) in [5.41, 5.74) is 0.256. The molecule has 2 rings (SSSR count). The average molecular weight is 310 g/mol. The standard InChI is InChI=1S/C18H31NOS/c1-5-19-15(10-9-14-8-6-7-13-20-14)16-11-12-17(21-16)18(2,3)4/h11-12,14-15,19H,5-10,13H2,1-4H3. The molecule has 0 spiro atoms. The smallest absolute Gasteiger partial charge is 0.0575 e. The Hall–Kier alpha value is -0.380. The Morgan fingerprint density at radius 1 is 1.33 bits per heavy atom. The van der Waals surface area contributed by atoms with Crippen molar-refractivity contribution < 1.29 is 4.74 Å². The van der Waals surface area contributed by atoms with Gasteiger partial charge in [-0.1, -0.05) is 27.7 Å². The maximum Gasteiger partial charge on any atom is 0.0575 e. The Kier molecular flexibility index (Phi) is 6.27. The van der Waals surface area contributed by atoms with Gasteiger partial charge >= 0.3 is 0 Å². The number of thiophene rings is 1. The number of rotatable bonds is 6. The zero-order valence-corrected chi connectivity index (χ0v) is 14.9. The molecule has 1 N–H and O–H groups in total. The summed E-state index contributed by atoms with van der Waals surface area (Å²) in [6, 6.07) is 5.11. The minimum atomic E-state index is 0.256. The Morgan fingerprint density at radius 2 is 2.14 bits per heavy atom. The lowest BCUT2D eigenvalue weighted by Crippen LogP contribution is -2.24. The largest absolute Gasteiger partial charge is 0.378 e. The van der Waals surface area contributed by atoms with Gasteiger partial charge in [0.25, 0.3) is 0 Å². The van der Waals surface area contributed by atoms with Gasteiger partial charge in [0.05, 0.1) is 6.10 Å². The highest BCUT2D eigenvalue weighted by Crippen LogP contribution is 2.34. The lowest BCUT2D eigenvalue weighted by molar-refractivity contribution is 0.00862. The monoisotopic (exact) mass is 309 g/mol. The van der Waals surface area contributed by atoms with Crippen molar-refractivity contribution in [3.05, 3.63) is 21.9 Å². The molecule has 2 heterocycles. The first-order chi connectivity index (χ1) is 10.0. The van der Waals surface area contributed by atoms with Crippen LogP contribution in [-0.2, 0) is 10.2 Å². The summed E-state index contributed by atoms with van der Waals surface area (Å²) in [4.78, 5) is 2.96. The Balaban J connectivity index is 1.95. The minimum Gasteiger partial charge on any atom is -0.378 e. The number of ether oxygens (including phenoxy) is 1. The highest BCUT2D eigenvalue weighted by Gasteiger charge is 2.21. The predicted octanol–water partition coefficient (Wildman–Crippen LogP) is 5.05. The van der Waals surface area contributed by atoms with Gasteiger partial charge in [0.1, 0.15) is 0 Å². The van der Waals surface area contributed by atoms with Crippen LogP contribution in [0.1, 0.15) is 75.6 Å². The van der Waals surface area contributed by atoms with Crippen LogP contribution < -0.4 is 5.32 Å². The molecule has 0 bridgehead atoms. The summed E-state index contributed by atoms with van der Waals surface area (Å²) in [6.07, 6.45) is 6.68. The van der Waals surface area contributed by atoms with E-state index >= 15 is 0 Å². The van der Waals surface area contributed by atoms with Crippen molar-refractivity contribution in [1.82, 2.24) is 5.32 Å². The summed E-state index contributed by atoms with van der Waals surface area (Å²) in [5.74, 6) is 0. The van der Waals surface area contributed by atoms with Gasteiger partial charge in [-0.2, -0.15) is 0 Å². The Morgan fingerprint density at radius 3 is 2.71 bits per heavy atom. The Bertz CT molecular complexity index is 415. The van der Waals surface area contributed by atoms with E-state index in [2.05, 4.69) is 45.1 Å². The number of hydrogen-bond donors (Lipinski definition) is 1. The van der Waals surface area contributed by atoms with Crippen LogP contribution in [0.4, 0.5) is 0 Å². The van der Waals surface area contributed by atoms with Crippen molar-refractivity contribution in [2.24, 2.45) is 0 Å². The van der Waals surface area contributed by atoms with Crippen molar-refractivity contribution in [3.63, 3.8) is 0 Å². The van der Waals surface area contributed by atoms with Gasteiger partial charge in [0.15, 0.2) is 0 Å². The van der Waals surface area contributed by atoms with E-state index in [1.54, 1.807) is 0 Å². The summed E-state index contributed by atoms with van der Waals surface area (Å²) < 4.78 is 5.88. The first-order valence-electron chi connectivity index (χ1n) is 8.46. The molecule has 2 atom stereocenters. The molecule has 1 aliphatic rings. The fourth-order valence-corrected chi connectivity index (χ4v) is 4.10. The van der Waals surface area contributed by atoms with Gasteiger partial charge in [0, 0.05) is 22.4 Å². The fourth-order valence-electron chi connectivity index (χ4n) is 2.92. The minimum absolute atomic E-state index is 0.256. The van der Waals surface area contributed by atoms with E-state index in [4.69, 9.17) is 4.74 Å². The second-order valence-electron chi connectivity index (χ2n) is 7.13. The third kappa shape index (κ3) is 5.08. The first kappa shape index (κ1) is 17.0.